The van der Waals surface area contributed by atoms with Gasteiger partial charge in [-0.05, 0) is 38.6 Å². The first-order valence-electron chi connectivity index (χ1n) is 7.06. The summed E-state index contributed by atoms with van der Waals surface area (Å²) in [5, 5.41) is 3.62. The first kappa shape index (κ1) is 13.0. The van der Waals surface area contributed by atoms with Gasteiger partial charge in [0.15, 0.2) is 0 Å². The maximum atomic E-state index is 3.62. The van der Waals surface area contributed by atoms with Gasteiger partial charge in [-0.15, -0.1) is 0 Å². The van der Waals surface area contributed by atoms with Crippen molar-refractivity contribution in [3.63, 3.8) is 0 Å². The van der Waals surface area contributed by atoms with Crippen molar-refractivity contribution in [1.82, 2.24) is 5.32 Å². The highest BCUT2D eigenvalue weighted by atomic mass is 14.9. The van der Waals surface area contributed by atoms with Crippen LogP contribution in [0.4, 0.5) is 0 Å². The van der Waals surface area contributed by atoms with Gasteiger partial charge in [-0.3, -0.25) is 0 Å². The van der Waals surface area contributed by atoms with E-state index in [2.05, 4.69) is 19.2 Å². The van der Waals surface area contributed by atoms with E-state index < -0.39 is 0 Å². The summed E-state index contributed by atoms with van der Waals surface area (Å²) >= 11 is 0. The van der Waals surface area contributed by atoms with Crippen molar-refractivity contribution >= 4 is 0 Å². The zero-order valence-corrected chi connectivity index (χ0v) is 10.7. The lowest BCUT2D eigenvalue weighted by molar-refractivity contribution is 0.317. The van der Waals surface area contributed by atoms with E-state index >= 15 is 0 Å². The van der Waals surface area contributed by atoms with E-state index in [-0.39, 0.29) is 0 Å². The summed E-state index contributed by atoms with van der Waals surface area (Å²) in [5.74, 6) is 1.05. The Morgan fingerprint density at radius 1 is 1.20 bits per heavy atom. The van der Waals surface area contributed by atoms with Crippen LogP contribution in [0.15, 0.2) is 0 Å². The van der Waals surface area contributed by atoms with E-state index in [1.165, 1.54) is 64.3 Å². The normalized spacial score (nSPS) is 20.4. The summed E-state index contributed by atoms with van der Waals surface area (Å²) in [4.78, 5) is 0. The van der Waals surface area contributed by atoms with E-state index in [1.54, 1.807) is 0 Å². The maximum absolute atomic E-state index is 3.62. The monoisotopic (exact) mass is 211 g/mol. The highest BCUT2D eigenvalue weighted by Gasteiger charge is 2.13. The van der Waals surface area contributed by atoms with Gasteiger partial charge in [0, 0.05) is 6.04 Å². The van der Waals surface area contributed by atoms with Crippen molar-refractivity contribution in [3.8, 4) is 0 Å². The molecule has 0 aromatic heterocycles. The molecule has 1 rings (SSSR count). The van der Waals surface area contributed by atoms with Crippen molar-refractivity contribution in [1.29, 1.82) is 0 Å². The lowest BCUT2D eigenvalue weighted by Crippen LogP contribution is -2.27. The van der Waals surface area contributed by atoms with Crippen LogP contribution in [0.5, 0.6) is 0 Å². The van der Waals surface area contributed by atoms with Gasteiger partial charge in [-0.1, -0.05) is 45.4 Å². The Morgan fingerprint density at radius 3 is 2.60 bits per heavy atom. The Morgan fingerprint density at radius 2 is 1.93 bits per heavy atom. The Bertz CT molecular complexity index is 138. The third kappa shape index (κ3) is 6.19. The molecule has 0 saturated heterocycles. The second kappa shape index (κ2) is 8.15. The van der Waals surface area contributed by atoms with Gasteiger partial charge in [0.2, 0.25) is 0 Å². The fourth-order valence-electron chi connectivity index (χ4n) is 2.59. The molecule has 0 radical (unpaired) electrons. The molecule has 1 unspecified atom stereocenters. The molecule has 0 spiro atoms. The van der Waals surface area contributed by atoms with Crippen molar-refractivity contribution in [2.45, 2.75) is 77.7 Å². The molecule has 1 fully saturated rings. The van der Waals surface area contributed by atoms with Gasteiger partial charge in [0.1, 0.15) is 0 Å². The molecule has 0 bridgehead atoms. The third-order valence-electron chi connectivity index (χ3n) is 3.76. The van der Waals surface area contributed by atoms with Crippen molar-refractivity contribution in [2.24, 2.45) is 5.92 Å². The molecule has 1 N–H and O–H groups in total. The molecule has 0 aromatic rings. The molecular weight excluding hydrogens is 182 g/mol. The molecule has 0 aliphatic heterocycles. The number of unbranched alkanes of at least 4 members (excludes halogenated alkanes) is 1. The van der Waals surface area contributed by atoms with Crippen LogP contribution < -0.4 is 5.32 Å². The fourth-order valence-corrected chi connectivity index (χ4v) is 2.59. The van der Waals surface area contributed by atoms with Crippen LogP contribution in [0.1, 0.15) is 71.6 Å². The predicted octanol–water partition coefficient (Wildman–Crippen LogP) is 4.13. The molecule has 90 valence electrons. The average molecular weight is 211 g/mol. The van der Waals surface area contributed by atoms with Gasteiger partial charge >= 0.3 is 0 Å². The van der Waals surface area contributed by atoms with Crippen LogP contribution in [-0.2, 0) is 0 Å². The topological polar surface area (TPSA) is 12.0 Å². The molecule has 1 aliphatic carbocycles. The van der Waals surface area contributed by atoms with Gasteiger partial charge in [-0.2, -0.15) is 0 Å². The second-order valence-corrected chi connectivity index (χ2v) is 5.29. The summed E-state index contributed by atoms with van der Waals surface area (Å²) in [7, 11) is 0. The van der Waals surface area contributed by atoms with Crippen LogP contribution in [-0.4, -0.2) is 12.6 Å². The SMILES string of the molecule is CCCCNC(C)CCC1CCCCC1. The smallest absolute Gasteiger partial charge is 0.00388 e. The molecule has 1 saturated carbocycles. The molecule has 1 heteroatoms. The van der Waals surface area contributed by atoms with Crippen LogP contribution >= 0.6 is 0 Å². The Labute approximate surface area is 96.0 Å². The van der Waals surface area contributed by atoms with E-state index in [0.717, 1.165) is 12.0 Å². The number of hydrogen-bond donors (Lipinski definition) is 1. The lowest BCUT2D eigenvalue weighted by atomic mass is 9.85. The Hall–Kier alpha value is -0.0400. The summed E-state index contributed by atoms with van der Waals surface area (Å²) < 4.78 is 0. The van der Waals surface area contributed by atoms with Gasteiger partial charge in [-0.25, -0.2) is 0 Å². The molecule has 0 heterocycles. The first-order valence-corrected chi connectivity index (χ1v) is 7.06. The lowest BCUT2D eigenvalue weighted by Gasteiger charge is -2.23. The maximum Gasteiger partial charge on any atom is 0.00388 e. The molecular formula is C14H29N. The minimum absolute atomic E-state index is 0.735. The molecule has 0 aromatic carbocycles. The molecule has 1 aliphatic rings. The third-order valence-corrected chi connectivity index (χ3v) is 3.76. The van der Waals surface area contributed by atoms with Crippen molar-refractivity contribution < 1.29 is 0 Å². The first-order chi connectivity index (χ1) is 7.33. The van der Waals surface area contributed by atoms with Gasteiger partial charge in [0.25, 0.3) is 0 Å². The minimum atomic E-state index is 0.735. The molecule has 1 nitrogen and oxygen atoms in total. The largest absolute Gasteiger partial charge is 0.314 e. The van der Waals surface area contributed by atoms with Gasteiger partial charge < -0.3 is 5.32 Å². The Kier molecular flexibility index (Phi) is 7.08. The summed E-state index contributed by atoms with van der Waals surface area (Å²) in [5.41, 5.74) is 0. The van der Waals surface area contributed by atoms with Crippen molar-refractivity contribution in [2.75, 3.05) is 6.54 Å². The summed E-state index contributed by atoms with van der Waals surface area (Å²) in [6, 6.07) is 0.735. The van der Waals surface area contributed by atoms with E-state index in [9.17, 15) is 0 Å². The fraction of sp³-hybridized carbons (Fsp3) is 1.00. The molecule has 1 atom stereocenters. The van der Waals surface area contributed by atoms with Crippen molar-refractivity contribution in [3.05, 3.63) is 0 Å². The van der Waals surface area contributed by atoms with E-state index in [0.29, 0.717) is 0 Å². The van der Waals surface area contributed by atoms with E-state index in [4.69, 9.17) is 0 Å². The Balaban J connectivity index is 1.97. The highest BCUT2D eigenvalue weighted by molar-refractivity contribution is 4.69. The zero-order valence-electron chi connectivity index (χ0n) is 10.7. The minimum Gasteiger partial charge on any atom is -0.314 e. The highest BCUT2D eigenvalue weighted by Crippen LogP contribution is 2.27. The average Bonchev–Trinajstić information content (AvgIpc) is 2.28. The predicted molar refractivity (Wildman–Crippen MR) is 68.2 cm³/mol. The quantitative estimate of drug-likeness (QED) is 0.624. The number of hydrogen-bond acceptors (Lipinski definition) is 1. The van der Waals surface area contributed by atoms with Crippen LogP contribution in [0.2, 0.25) is 0 Å². The van der Waals surface area contributed by atoms with Crippen LogP contribution in [0.3, 0.4) is 0 Å². The molecule has 15 heavy (non-hydrogen) atoms. The standard InChI is InChI=1S/C14H29N/c1-3-4-12-15-13(2)10-11-14-8-6-5-7-9-14/h13-15H,3-12H2,1-2H3. The number of rotatable bonds is 7. The summed E-state index contributed by atoms with van der Waals surface area (Å²) in [6.07, 6.45) is 12.9. The van der Waals surface area contributed by atoms with Gasteiger partial charge in [0.05, 0.1) is 0 Å². The number of nitrogens with one attached hydrogen (secondary N) is 1. The summed E-state index contributed by atoms with van der Waals surface area (Å²) in [6.45, 7) is 5.81. The second-order valence-electron chi connectivity index (χ2n) is 5.29. The zero-order chi connectivity index (χ0) is 10.9. The molecule has 0 amide bonds. The van der Waals surface area contributed by atoms with E-state index in [1.807, 2.05) is 0 Å². The van der Waals surface area contributed by atoms with Crippen LogP contribution in [0.25, 0.3) is 0 Å². The van der Waals surface area contributed by atoms with Crippen LogP contribution in [0, 0.1) is 5.92 Å².